The summed E-state index contributed by atoms with van der Waals surface area (Å²) in [5.74, 6) is -0.489. The molecule has 1 atom stereocenters. The summed E-state index contributed by atoms with van der Waals surface area (Å²) in [6.45, 7) is 0.843. The van der Waals surface area contributed by atoms with Crippen molar-refractivity contribution in [1.29, 1.82) is 0 Å². The molecule has 1 saturated carbocycles. The Morgan fingerprint density at radius 2 is 1.64 bits per heavy atom. The van der Waals surface area contributed by atoms with Gasteiger partial charge in [0.25, 0.3) is 15.7 Å². The third-order valence-corrected chi connectivity index (χ3v) is 11.1. The average molecular weight is 764 g/mol. The van der Waals surface area contributed by atoms with Crippen LogP contribution in [0.3, 0.4) is 0 Å². The highest BCUT2D eigenvalue weighted by Gasteiger charge is 2.36. The second-order valence-electron chi connectivity index (χ2n) is 12.3. The minimum absolute atomic E-state index is 0.0142. The number of hydrogen-bond acceptors (Lipinski definition) is 7. The molecule has 11 nitrogen and oxygen atoms in total. The fourth-order valence-electron chi connectivity index (χ4n) is 6.10. The van der Waals surface area contributed by atoms with Gasteiger partial charge in [0.05, 0.1) is 22.6 Å². The van der Waals surface area contributed by atoms with E-state index < -0.39 is 33.4 Å². The normalized spacial score (nSPS) is 13.7. The fraction of sp³-hybridized carbons (Fsp3) is 0.297. The molecule has 262 valence electrons. The number of nitro groups is 1. The first-order valence-corrected chi connectivity index (χ1v) is 18.5. The standard InChI is InChI=1S/C37H39BrN4O7S/c1-26-15-20-33(23-34(26)42(45)46)50(47,48)41(31-16-18-32(49-2)19-17-31)25-36(43)40(24-28-11-8-12-29(38)21-28)35(22-27-9-4-3-5-10-27)37(44)39-30-13-6-7-14-30/h3-5,8-12,15-21,23,30,35H,6-7,13-14,22,24-25H2,1-2H3,(H,39,44)/t35-/m1/s1. The summed E-state index contributed by atoms with van der Waals surface area (Å²) in [5.41, 5.74) is 1.62. The predicted molar refractivity (Wildman–Crippen MR) is 194 cm³/mol. The van der Waals surface area contributed by atoms with Crippen molar-refractivity contribution in [2.24, 2.45) is 0 Å². The first kappa shape index (κ1) is 36.5. The summed E-state index contributed by atoms with van der Waals surface area (Å²) in [5, 5.41) is 14.9. The van der Waals surface area contributed by atoms with E-state index in [4.69, 9.17) is 4.74 Å². The van der Waals surface area contributed by atoms with Gasteiger partial charge < -0.3 is 15.0 Å². The van der Waals surface area contributed by atoms with Crippen molar-refractivity contribution in [2.75, 3.05) is 18.0 Å². The molecular formula is C37H39BrN4O7S. The van der Waals surface area contributed by atoms with E-state index in [-0.39, 0.29) is 41.2 Å². The van der Waals surface area contributed by atoms with Crippen LogP contribution in [0.1, 0.15) is 42.4 Å². The van der Waals surface area contributed by atoms with Crippen LogP contribution in [0.4, 0.5) is 11.4 Å². The SMILES string of the molecule is COc1ccc(N(CC(=O)N(Cc2cccc(Br)c2)[C@H](Cc2ccccc2)C(=O)NC2CCCC2)S(=O)(=O)c2ccc(C)c([N+](=O)[O-])c2)cc1. The first-order valence-electron chi connectivity index (χ1n) is 16.3. The topological polar surface area (TPSA) is 139 Å². The first-order chi connectivity index (χ1) is 24.0. The third kappa shape index (κ3) is 8.88. The zero-order valence-electron chi connectivity index (χ0n) is 27.8. The van der Waals surface area contributed by atoms with E-state index in [1.807, 2.05) is 54.6 Å². The molecule has 0 heterocycles. The minimum Gasteiger partial charge on any atom is -0.497 e. The summed E-state index contributed by atoms with van der Waals surface area (Å²) >= 11 is 3.49. The molecule has 0 aromatic heterocycles. The molecule has 0 saturated heterocycles. The van der Waals surface area contributed by atoms with E-state index in [0.29, 0.717) is 11.3 Å². The van der Waals surface area contributed by atoms with E-state index in [9.17, 15) is 28.1 Å². The fourth-order valence-corrected chi connectivity index (χ4v) is 7.99. The van der Waals surface area contributed by atoms with Gasteiger partial charge in [-0.1, -0.05) is 77.3 Å². The maximum Gasteiger partial charge on any atom is 0.273 e. The van der Waals surface area contributed by atoms with Crippen molar-refractivity contribution in [1.82, 2.24) is 10.2 Å². The lowest BCUT2D eigenvalue weighted by Gasteiger charge is -2.34. The van der Waals surface area contributed by atoms with E-state index in [0.717, 1.165) is 51.7 Å². The van der Waals surface area contributed by atoms with Gasteiger partial charge in [-0.2, -0.15) is 0 Å². The lowest BCUT2D eigenvalue weighted by Crippen LogP contribution is -2.54. The van der Waals surface area contributed by atoms with Crippen LogP contribution in [0.15, 0.2) is 106 Å². The summed E-state index contributed by atoms with van der Waals surface area (Å²) < 4.78 is 35.7. The average Bonchev–Trinajstić information content (AvgIpc) is 3.62. The van der Waals surface area contributed by atoms with Gasteiger partial charge >= 0.3 is 0 Å². The van der Waals surface area contributed by atoms with Crippen molar-refractivity contribution >= 4 is 49.1 Å². The van der Waals surface area contributed by atoms with Crippen LogP contribution >= 0.6 is 15.9 Å². The van der Waals surface area contributed by atoms with Gasteiger partial charge in [-0.25, -0.2) is 8.42 Å². The quantitative estimate of drug-likeness (QED) is 0.113. The zero-order valence-corrected chi connectivity index (χ0v) is 30.2. The van der Waals surface area contributed by atoms with Gasteiger partial charge in [0.2, 0.25) is 11.8 Å². The number of anilines is 1. The Morgan fingerprint density at radius 1 is 0.960 bits per heavy atom. The van der Waals surface area contributed by atoms with Gasteiger partial charge in [-0.15, -0.1) is 0 Å². The molecule has 1 aliphatic rings. The number of methoxy groups -OCH3 is 1. The molecule has 0 unspecified atom stereocenters. The number of nitrogens with zero attached hydrogens (tertiary/aromatic N) is 3. The summed E-state index contributed by atoms with van der Waals surface area (Å²) in [6.07, 6.45) is 3.88. The number of aryl methyl sites for hydroxylation is 1. The second-order valence-corrected chi connectivity index (χ2v) is 15.0. The zero-order chi connectivity index (χ0) is 35.8. The van der Waals surface area contributed by atoms with Crippen LogP contribution in [0, 0.1) is 17.0 Å². The highest BCUT2D eigenvalue weighted by Crippen LogP contribution is 2.30. The lowest BCUT2D eigenvalue weighted by molar-refractivity contribution is -0.385. The van der Waals surface area contributed by atoms with E-state index in [2.05, 4.69) is 21.2 Å². The maximum absolute atomic E-state index is 14.7. The molecule has 4 aromatic carbocycles. The van der Waals surface area contributed by atoms with Crippen molar-refractivity contribution in [3.05, 3.63) is 128 Å². The number of ether oxygens (including phenoxy) is 1. The number of carbonyl (C=O) groups is 2. The van der Waals surface area contributed by atoms with Crippen LogP contribution in [-0.4, -0.2) is 55.8 Å². The van der Waals surface area contributed by atoms with E-state index >= 15 is 0 Å². The Balaban J connectivity index is 1.59. The Morgan fingerprint density at radius 3 is 2.28 bits per heavy atom. The second kappa shape index (κ2) is 16.3. The molecule has 1 aliphatic carbocycles. The molecule has 5 rings (SSSR count). The highest BCUT2D eigenvalue weighted by molar-refractivity contribution is 9.10. The maximum atomic E-state index is 14.7. The molecule has 0 spiro atoms. The van der Waals surface area contributed by atoms with E-state index in [1.165, 1.54) is 43.2 Å². The van der Waals surface area contributed by atoms with Crippen molar-refractivity contribution in [3.63, 3.8) is 0 Å². The largest absolute Gasteiger partial charge is 0.497 e. The van der Waals surface area contributed by atoms with Crippen molar-refractivity contribution in [3.8, 4) is 5.75 Å². The number of carbonyl (C=O) groups excluding carboxylic acids is 2. The van der Waals surface area contributed by atoms with E-state index in [1.54, 1.807) is 12.1 Å². The monoisotopic (exact) mass is 762 g/mol. The number of nitrogens with one attached hydrogen (secondary N) is 1. The van der Waals surface area contributed by atoms with Crippen LogP contribution in [0.2, 0.25) is 0 Å². The smallest absolute Gasteiger partial charge is 0.273 e. The molecule has 13 heteroatoms. The predicted octanol–water partition coefficient (Wildman–Crippen LogP) is 6.57. The third-order valence-electron chi connectivity index (χ3n) is 8.82. The molecular weight excluding hydrogens is 724 g/mol. The molecule has 1 fully saturated rings. The Hall–Kier alpha value is -4.75. The van der Waals surface area contributed by atoms with Crippen LogP contribution in [-0.2, 0) is 32.6 Å². The minimum atomic E-state index is -4.55. The van der Waals surface area contributed by atoms with Gasteiger partial charge in [0.1, 0.15) is 18.3 Å². The summed E-state index contributed by atoms with van der Waals surface area (Å²) in [6, 6.07) is 25.5. The Labute approximate surface area is 300 Å². The number of nitro benzene ring substituents is 1. The molecule has 50 heavy (non-hydrogen) atoms. The van der Waals surface area contributed by atoms with Crippen LogP contribution in [0.25, 0.3) is 0 Å². The van der Waals surface area contributed by atoms with Gasteiger partial charge in [0.15, 0.2) is 0 Å². The van der Waals surface area contributed by atoms with Gasteiger partial charge in [-0.3, -0.25) is 24.0 Å². The summed E-state index contributed by atoms with van der Waals surface area (Å²) in [7, 11) is -3.07. The number of rotatable bonds is 14. The molecule has 0 radical (unpaired) electrons. The molecule has 0 aliphatic heterocycles. The van der Waals surface area contributed by atoms with Crippen LogP contribution < -0.4 is 14.4 Å². The van der Waals surface area contributed by atoms with Crippen LogP contribution in [0.5, 0.6) is 5.75 Å². The molecule has 1 N–H and O–H groups in total. The number of halogens is 1. The van der Waals surface area contributed by atoms with Gasteiger partial charge in [0, 0.05) is 35.1 Å². The van der Waals surface area contributed by atoms with Crippen molar-refractivity contribution in [2.45, 2.75) is 62.6 Å². The highest BCUT2D eigenvalue weighted by atomic mass is 79.9. The molecule has 4 aromatic rings. The Kier molecular flexibility index (Phi) is 11.9. The Bertz CT molecular complexity index is 1940. The number of hydrogen-bond donors (Lipinski definition) is 1. The number of benzene rings is 4. The number of sulfonamides is 1. The van der Waals surface area contributed by atoms with Crippen molar-refractivity contribution < 1.29 is 27.7 Å². The van der Waals surface area contributed by atoms with Gasteiger partial charge in [-0.05, 0) is 73.4 Å². The number of amides is 2. The summed E-state index contributed by atoms with van der Waals surface area (Å²) in [4.78, 5) is 41.1. The molecule has 2 amide bonds. The molecule has 0 bridgehead atoms. The lowest BCUT2D eigenvalue weighted by atomic mass is 10.0.